The first-order valence-electron chi connectivity index (χ1n) is 7.38. The number of likely N-dealkylation sites (tertiary alicyclic amines) is 1. The van der Waals surface area contributed by atoms with Crippen LogP contribution in [0.4, 0.5) is 0 Å². The monoisotopic (exact) mass is 236 g/mol. The van der Waals surface area contributed by atoms with E-state index >= 15 is 0 Å². The molecular weight excluding hydrogens is 212 g/mol. The smallest absolute Gasteiger partial charge is 0.239 e. The number of carbonyl (C=O) groups is 1. The zero-order chi connectivity index (χ0) is 11.7. The van der Waals surface area contributed by atoms with Crippen LogP contribution in [0.15, 0.2) is 0 Å². The molecule has 0 bridgehead atoms. The summed E-state index contributed by atoms with van der Waals surface area (Å²) in [6.45, 7) is 1.99. The van der Waals surface area contributed by atoms with Gasteiger partial charge in [0.25, 0.3) is 0 Å². The molecule has 96 valence electrons. The van der Waals surface area contributed by atoms with Crippen LogP contribution >= 0.6 is 0 Å². The molecule has 3 aliphatic rings. The molecule has 0 radical (unpaired) electrons. The number of nitrogens with one attached hydrogen (secondary N) is 1. The molecule has 1 saturated heterocycles. The van der Waals surface area contributed by atoms with Crippen LogP contribution in [-0.4, -0.2) is 36.0 Å². The molecule has 17 heavy (non-hydrogen) atoms. The van der Waals surface area contributed by atoms with Crippen LogP contribution in [0.3, 0.4) is 0 Å². The predicted octanol–water partition coefficient (Wildman–Crippen LogP) is 1.92. The minimum absolute atomic E-state index is 0.145. The molecular formula is C14H24N2O. The molecule has 1 amide bonds. The van der Waals surface area contributed by atoms with Gasteiger partial charge in [0.05, 0.1) is 6.04 Å². The molecule has 3 fully saturated rings. The highest BCUT2D eigenvalue weighted by molar-refractivity contribution is 5.84. The van der Waals surface area contributed by atoms with Gasteiger partial charge in [0.15, 0.2) is 0 Å². The van der Waals surface area contributed by atoms with Gasteiger partial charge in [-0.05, 0) is 31.6 Å². The molecule has 0 aromatic rings. The van der Waals surface area contributed by atoms with Crippen molar-refractivity contribution >= 4 is 5.91 Å². The summed E-state index contributed by atoms with van der Waals surface area (Å²) in [6, 6.07) is 0.796. The lowest BCUT2D eigenvalue weighted by Gasteiger charge is -2.19. The van der Waals surface area contributed by atoms with Crippen molar-refractivity contribution in [1.82, 2.24) is 10.2 Å². The zero-order valence-electron chi connectivity index (χ0n) is 10.7. The van der Waals surface area contributed by atoms with Crippen LogP contribution in [0.2, 0.25) is 0 Å². The molecule has 1 unspecified atom stereocenters. The van der Waals surface area contributed by atoms with Crippen LogP contribution in [0, 0.1) is 5.92 Å². The fourth-order valence-electron chi connectivity index (χ4n) is 3.29. The second-order valence-corrected chi connectivity index (χ2v) is 6.05. The Balaban J connectivity index is 1.42. The van der Waals surface area contributed by atoms with Crippen LogP contribution < -0.4 is 5.32 Å². The second-order valence-electron chi connectivity index (χ2n) is 6.05. The van der Waals surface area contributed by atoms with Crippen LogP contribution in [0.5, 0.6) is 0 Å². The van der Waals surface area contributed by atoms with E-state index in [-0.39, 0.29) is 6.04 Å². The Hall–Kier alpha value is -0.570. The van der Waals surface area contributed by atoms with Crippen molar-refractivity contribution < 1.29 is 4.79 Å². The maximum atomic E-state index is 12.1. The van der Waals surface area contributed by atoms with E-state index in [1.54, 1.807) is 0 Å². The Morgan fingerprint density at radius 1 is 1.12 bits per heavy atom. The Morgan fingerprint density at radius 2 is 1.88 bits per heavy atom. The van der Waals surface area contributed by atoms with Crippen LogP contribution in [-0.2, 0) is 4.79 Å². The molecule has 3 rings (SSSR count). The summed E-state index contributed by atoms with van der Waals surface area (Å²) in [6.07, 6.45) is 10.4. The largest absolute Gasteiger partial charge is 0.341 e. The first kappa shape index (κ1) is 11.5. The van der Waals surface area contributed by atoms with E-state index < -0.39 is 0 Å². The Labute approximate surface area is 104 Å². The molecule has 3 nitrogen and oxygen atoms in total. The average molecular weight is 236 g/mol. The van der Waals surface area contributed by atoms with E-state index in [1.807, 2.05) is 0 Å². The minimum atomic E-state index is 0.145. The Bertz CT molecular complexity index is 282. The Kier molecular flexibility index (Phi) is 3.37. The lowest BCUT2D eigenvalue weighted by molar-refractivity contribution is -0.129. The second kappa shape index (κ2) is 4.97. The fourth-order valence-corrected chi connectivity index (χ4v) is 3.29. The number of hydrogen-bond donors (Lipinski definition) is 1. The van der Waals surface area contributed by atoms with Crippen molar-refractivity contribution in [3.05, 3.63) is 0 Å². The lowest BCUT2D eigenvalue weighted by Crippen LogP contribution is -2.39. The summed E-state index contributed by atoms with van der Waals surface area (Å²) >= 11 is 0. The quantitative estimate of drug-likeness (QED) is 0.791. The molecule has 1 aliphatic heterocycles. The van der Waals surface area contributed by atoms with Gasteiger partial charge < -0.3 is 10.2 Å². The number of carbonyl (C=O) groups excluding carboxylic acids is 1. The van der Waals surface area contributed by atoms with Crippen molar-refractivity contribution in [2.75, 3.05) is 13.1 Å². The van der Waals surface area contributed by atoms with Gasteiger partial charge in [-0.2, -0.15) is 0 Å². The van der Waals surface area contributed by atoms with E-state index in [1.165, 1.54) is 44.9 Å². The normalized spacial score (nSPS) is 30.5. The standard InChI is InChI=1S/C14H24N2O/c17-14-13(15-12-5-6-12)8-10-16(14)9-7-11-3-1-2-4-11/h11-13,15H,1-10H2. The van der Waals surface area contributed by atoms with Crippen molar-refractivity contribution in [2.45, 2.75) is 63.5 Å². The van der Waals surface area contributed by atoms with Gasteiger partial charge in [-0.1, -0.05) is 25.7 Å². The first-order valence-corrected chi connectivity index (χ1v) is 7.38. The topological polar surface area (TPSA) is 32.3 Å². The van der Waals surface area contributed by atoms with Gasteiger partial charge in [-0.15, -0.1) is 0 Å². The summed E-state index contributed by atoms with van der Waals surface area (Å²) in [5.74, 6) is 1.27. The highest BCUT2D eigenvalue weighted by atomic mass is 16.2. The van der Waals surface area contributed by atoms with E-state index in [9.17, 15) is 4.79 Å². The van der Waals surface area contributed by atoms with Gasteiger partial charge >= 0.3 is 0 Å². The van der Waals surface area contributed by atoms with E-state index in [0.717, 1.165) is 25.4 Å². The number of nitrogens with zero attached hydrogens (tertiary/aromatic N) is 1. The average Bonchev–Trinajstić information content (AvgIpc) is 2.86. The molecule has 0 spiro atoms. The molecule has 1 heterocycles. The maximum Gasteiger partial charge on any atom is 0.239 e. The molecule has 0 aromatic carbocycles. The number of hydrogen-bond acceptors (Lipinski definition) is 2. The van der Waals surface area contributed by atoms with Gasteiger partial charge in [0, 0.05) is 19.1 Å². The molecule has 2 saturated carbocycles. The van der Waals surface area contributed by atoms with E-state index in [2.05, 4.69) is 10.2 Å². The fraction of sp³-hybridized carbons (Fsp3) is 0.929. The van der Waals surface area contributed by atoms with Gasteiger partial charge in [-0.3, -0.25) is 4.79 Å². The van der Waals surface area contributed by atoms with E-state index in [4.69, 9.17) is 0 Å². The summed E-state index contributed by atoms with van der Waals surface area (Å²) in [5, 5.41) is 3.47. The lowest BCUT2D eigenvalue weighted by atomic mass is 10.0. The van der Waals surface area contributed by atoms with Crippen molar-refractivity contribution in [2.24, 2.45) is 5.92 Å². The van der Waals surface area contributed by atoms with Crippen LogP contribution in [0.25, 0.3) is 0 Å². The number of amides is 1. The van der Waals surface area contributed by atoms with Crippen molar-refractivity contribution in [3.63, 3.8) is 0 Å². The zero-order valence-corrected chi connectivity index (χ0v) is 10.7. The molecule has 2 aliphatic carbocycles. The maximum absolute atomic E-state index is 12.1. The third-order valence-electron chi connectivity index (χ3n) is 4.59. The molecule has 1 N–H and O–H groups in total. The molecule has 3 heteroatoms. The van der Waals surface area contributed by atoms with Crippen LogP contribution in [0.1, 0.15) is 51.4 Å². The predicted molar refractivity (Wildman–Crippen MR) is 67.7 cm³/mol. The molecule has 0 aromatic heterocycles. The molecule has 1 atom stereocenters. The summed E-state index contributed by atoms with van der Waals surface area (Å²) in [7, 11) is 0. The highest BCUT2D eigenvalue weighted by Gasteiger charge is 2.35. The third-order valence-corrected chi connectivity index (χ3v) is 4.59. The summed E-state index contributed by atoms with van der Waals surface area (Å²) < 4.78 is 0. The number of rotatable bonds is 5. The minimum Gasteiger partial charge on any atom is -0.341 e. The summed E-state index contributed by atoms with van der Waals surface area (Å²) in [5.41, 5.74) is 0. The van der Waals surface area contributed by atoms with Gasteiger partial charge in [0.1, 0.15) is 0 Å². The summed E-state index contributed by atoms with van der Waals surface area (Å²) in [4.78, 5) is 14.2. The highest BCUT2D eigenvalue weighted by Crippen LogP contribution is 2.28. The third kappa shape index (κ3) is 2.82. The van der Waals surface area contributed by atoms with E-state index in [0.29, 0.717) is 11.9 Å². The van der Waals surface area contributed by atoms with Crippen molar-refractivity contribution in [1.29, 1.82) is 0 Å². The SMILES string of the molecule is O=C1C(NC2CC2)CCN1CCC1CCCC1. The first-order chi connectivity index (χ1) is 8.33. The van der Waals surface area contributed by atoms with Gasteiger partial charge in [0.2, 0.25) is 5.91 Å². The van der Waals surface area contributed by atoms with Crippen molar-refractivity contribution in [3.8, 4) is 0 Å². The Morgan fingerprint density at radius 3 is 2.59 bits per heavy atom. The van der Waals surface area contributed by atoms with Gasteiger partial charge in [-0.25, -0.2) is 0 Å².